The highest BCUT2D eigenvalue weighted by molar-refractivity contribution is 6.51. The van der Waals surface area contributed by atoms with Crippen LogP contribution in [0.25, 0.3) is 0 Å². The molecule has 2 N–H and O–H groups in total. The number of hydrogen-bond acceptors (Lipinski definition) is 6. The smallest absolute Gasteiger partial charge is 0.269 e. The minimum atomic E-state index is -0.659. The average molecular weight is 531 g/mol. The van der Waals surface area contributed by atoms with Gasteiger partial charge in [0.2, 0.25) is 11.6 Å². The van der Waals surface area contributed by atoms with E-state index in [-0.39, 0.29) is 28.3 Å². The predicted octanol–water partition coefficient (Wildman–Crippen LogP) is 7.91. The van der Waals surface area contributed by atoms with Gasteiger partial charge in [0.05, 0.1) is 10.6 Å². The first kappa shape index (κ1) is 28.3. The van der Waals surface area contributed by atoms with E-state index in [4.69, 9.17) is 0 Å². The number of benzene rings is 2. The Hall–Kier alpha value is -3.74. The number of hydrogen-bond donors (Lipinski definition) is 2. The van der Waals surface area contributed by atoms with Gasteiger partial charge < -0.3 is 10.4 Å². The number of Topliss-reactive ketones (excluding diaryl/α,β-unsaturated/α-hetero) is 2. The van der Waals surface area contributed by atoms with E-state index in [2.05, 4.69) is 12.2 Å². The first-order chi connectivity index (χ1) is 18.7. The van der Waals surface area contributed by atoms with Gasteiger partial charge in [-0.15, -0.1) is 0 Å². The number of allylic oxidation sites excluding steroid dienone is 2. The largest absolute Gasteiger partial charge is 0.505 e. The van der Waals surface area contributed by atoms with Crippen LogP contribution in [0, 0.1) is 24.0 Å². The summed E-state index contributed by atoms with van der Waals surface area (Å²) in [5.41, 5.74) is 4.75. The molecule has 0 saturated heterocycles. The minimum absolute atomic E-state index is 0.0558. The summed E-state index contributed by atoms with van der Waals surface area (Å²) in [5, 5.41) is 25.8. The third-order valence-corrected chi connectivity index (χ3v) is 7.85. The molecule has 1 aliphatic heterocycles. The molecule has 206 valence electrons. The van der Waals surface area contributed by atoms with Crippen molar-refractivity contribution in [1.82, 2.24) is 0 Å². The molecule has 0 spiro atoms. The molecule has 0 bridgehead atoms. The monoisotopic (exact) mass is 530 g/mol. The van der Waals surface area contributed by atoms with Crippen LogP contribution < -0.4 is 5.32 Å². The summed E-state index contributed by atoms with van der Waals surface area (Å²) in [7, 11) is 0. The first-order valence-electron chi connectivity index (χ1n) is 14.1. The Labute approximate surface area is 230 Å². The minimum Gasteiger partial charge on any atom is -0.505 e. The number of fused-ring (bicyclic) bond motifs is 1. The second-order valence-electron chi connectivity index (χ2n) is 10.8. The molecule has 1 unspecified atom stereocenters. The SMILES string of the molecule is CCCCCCCCCCCC1=C(O)C2=C(C(=O)C1=O)C(c1ccc([N+](=O)[O-])cc1)c1c(C)cc(C)cc1N2. The van der Waals surface area contributed by atoms with Gasteiger partial charge in [0, 0.05) is 34.9 Å². The standard InChI is InChI=1S/C32H38N2O5/c1-4-5-6-7-8-9-10-11-12-13-24-30(35)29-28(32(37)31(24)36)27(22-14-16-23(17-15-22)34(38)39)26-21(3)18-20(2)19-25(26)33-29/h14-19,27,33,35H,4-13H2,1-3H3. The lowest BCUT2D eigenvalue weighted by molar-refractivity contribution is -0.384. The van der Waals surface area contributed by atoms with E-state index in [1.807, 2.05) is 26.0 Å². The lowest BCUT2D eigenvalue weighted by atomic mass is 9.73. The van der Waals surface area contributed by atoms with Crippen LogP contribution in [0.2, 0.25) is 0 Å². The number of aliphatic hydroxyl groups excluding tert-OH is 1. The van der Waals surface area contributed by atoms with Gasteiger partial charge in [0.25, 0.3) is 5.69 Å². The number of nitro benzene ring substituents is 1. The molecule has 39 heavy (non-hydrogen) atoms. The highest BCUT2D eigenvalue weighted by Gasteiger charge is 2.43. The van der Waals surface area contributed by atoms with E-state index in [1.54, 1.807) is 12.1 Å². The van der Waals surface area contributed by atoms with Crippen molar-refractivity contribution in [1.29, 1.82) is 0 Å². The molecule has 4 rings (SSSR count). The summed E-state index contributed by atoms with van der Waals surface area (Å²) in [6, 6.07) is 10.0. The first-order valence-corrected chi connectivity index (χ1v) is 14.1. The summed E-state index contributed by atoms with van der Waals surface area (Å²) in [4.78, 5) is 37.7. The molecule has 1 heterocycles. The zero-order chi connectivity index (χ0) is 28.1. The molecule has 2 aromatic rings. The van der Waals surface area contributed by atoms with Crippen LogP contribution in [-0.4, -0.2) is 21.6 Å². The van der Waals surface area contributed by atoms with Crippen molar-refractivity contribution >= 4 is 22.9 Å². The molecule has 7 heteroatoms. The summed E-state index contributed by atoms with van der Waals surface area (Å²) in [6.07, 6.45) is 10.5. The number of rotatable bonds is 12. The highest BCUT2D eigenvalue weighted by atomic mass is 16.6. The molecule has 2 aromatic carbocycles. The number of non-ortho nitro benzene ring substituents is 1. The Morgan fingerprint density at radius 3 is 2.13 bits per heavy atom. The summed E-state index contributed by atoms with van der Waals surface area (Å²) in [5.74, 6) is -2.08. The quantitative estimate of drug-likeness (QED) is 0.0948. The van der Waals surface area contributed by atoms with Gasteiger partial charge in [0.15, 0.2) is 0 Å². The molecule has 0 aromatic heterocycles. The second-order valence-corrected chi connectivity index (χ2v) is 10.8. The molecule has 7 nitrogen and oxygen atoms in total. The molecular formula is C32H38N2O5. The molecule has 0 radical (unpaired) electrons. The molecule has 0 amide bonds. The van der Waals surface area contributed by atoms with E-state index in [1.165, 1.54) is 44.2 Å². The Morgan fingerprint density at radius 1 is 0.897 bits per heavy atom. The van der Waals surface area contributed by atoms with Crippen LogP contribution in [0.5, 0.6) is 0 Å². The van der Waals surface area contributed by atoms with Crippen LogP contribution in [0.3, 0.4) is 0 Å². The number of nitro groups is 1. The van der Waals surface area contributed by atoms with Gasteiger partial charge in [-0.25, -0.2) is 0 Å². The zero-order valence-electron chi connectivity index (χ0n) is 23.1. The molecule has 0 saturated carbocycles. The van der Waals surface area contributed by atoms with Crippen molar-refractivity contribution in [3.63, 3.8) is 0 Å². The summed E-state index contributed by atoms with van der Waals surface area (Å²) in [6.45, 7) is 6.12. The third-order valence-electron chi connectivity index (χ3n) is 7.85. The average Bonchev–Trinajstić information content (AvgIpc) is 2.91. The van der Waals surface area contributed by atoms with Crippen molar-refractivity contribution in [2.45, 2.75) is 90.9 Å². The van der Waals surface area contributed by atoms with Crippen LogP contribution in [0.1, 0.15) is 99.3 Å². The Balaban J connectivity index is 1.63. The number of aryl methyl sites for hydroxylation is 2. The fraction of sp³-hybridized carbons (Fsp3) is 0.438. The number of anilines is 1. The van der Waals surface area contributed by atoms with Crippen molar-refractivity contribution in [2.24, 2.45) is 0 Å². The van der Waals surface area contributed by atoms with Gasteiger partial charge in [-0.1, -0.05) is 76.5 Å². The van der Waals surface area contributed by atoms with Gasteiger partial charge in [-0.2, -0.15) is 0 Å². The zero-order valence-corrected chi connectivity index (χ0v) is 23.1. The maximum atomic E-state index is 13.6. The van der Waals surface area contributed by atoms with Crippen molar-refractivity contribution in [2.75, 3.05) is 5.32 Å². The van der Waals surface area contributed by atoms with E-state index in [0.29, 0.717) is 12.0 Å². The Bertz CT molecular complexity index is 1340. The van der Waals surface area contributed by atoms with Crippen LogP contribution >= 0.6 is 0 Å². The Morgan fingerprint density at radius 2 is 1.51 bits per heavy atom. The van der Waals surface area contributed by atoms with Gasteiger partial charge in [-0.3, -0.25) is 19.7 Å². The highest BCUT2D eigenvalue weighted by Crippen LogP contribution is 2.47. The number of carbonyl (C=O) groups excluding carboxylic acids is 2. The molecule has 2 aliphatic rings. The van der Waals surface area contributed by atoms with Crippen LogP contribution in [0.15, 0.2) is 59.0 Å². The van der Waals surface area contributed by atoms with Gasteiger partial charge in [-0.05, 0) is 55.0 Å². The van der Waals surface area contributed by atoms with Gasteiger partial charge >= 0.3 is 0 Å². The number of carbonyl (C=O) groups is 2. The van der Waals surface area contributed by atoms with Crippen molar-refractivity contribution < 1.29 is 19.6 Å². The van der Waals surface area contributed by atoms with Crippen molar-refractivity contribution in [3.8, 4) is 0 Å². The number of nitrogens with zero attached hydrogens (tertiary/aromatic N) is 1. The number of aliphatic hydroxyl groups is 1. The third kappa shape index (κ3) is 5.97. The lowest BCUT2D eigenvalue weighted by Gasteiger charge is -2.35. The van der Waals surface area contributed by atoms with Crippen LogP contribution in [-0.2, 0) is 9.59 Å². The number of ketones is 2. The fourth-order valence-electron chi connectivity index (χ4n) is 5.87. The fourth-order valence-corrected chi connectivity index (χ4v) is 5.87. The van der Waals surface area contributed by atoms with Crippen LogP contribution in [0.4, 0.5) is 11.4 Å². The van der Waals surface area contributed by atoms with E-state index < -0.39 is 22.4 Å². The number of unbranched alkanes of at least 4 members (excludes halogenated alkanes) is 8. The summed E-state index contributed by atoms with van der Waals surface area (Å²) >= 11 is 0. The number of nitrogens with one attached hydrogen (secondary N) is 1. The van der Waals surface area contributed by atoms with Gasteiger partial charge in [0.1, 0.15) is 5.76 Å². The molecule has 1 atom stereocenters. The molecule has 0 fully saturated rings. The second kappa shape index (κ2) is 12.4. The maximum absolute atomic E-state index is 13.6. The summed E-state index contributed by atoms with van der Waals surface area (Å²) < 4.78 is 0. The predicted molar refractivity (Wildman–Crippen MR) is 153 cm³/mol. The lowest BCUT2D eigenvalue weighted by Crippen LogP contribution is -2.34. The Kier molecular flexibility index (Phi) is 9.00. The van der Waals surface area contributed by atoms with E-state index in [0.717, 1.165) is 48.1 Å². The maximum Gasteiger partial charge on any atom is 0.269 e. The molecular weight excluding hydrogens is 492 g/mol. The van der Waals surface area contributed by atoms with Crippen molar-refractivity contribution in [3.05, 3.63) is 91.4 Å². The topological polar surface area (TPSA) is 110 Å². The van der Waals surface area contributed by atoms with E-state index in [9.17, 15) is 24.8 Å². The normalized spacial score (nSPS) is 16.7. The molecule has 1 aliphatic carbocycles. The van der Waals surface area contributed by atoms with E-state index >= 15 is 0 Å².